The molecule has 2 aromatic rings. The lowest BCUT2D eigenvalue weighted by atomic mass is 9.97. The highest BCUT2D eigenvalue weighted by Gasteiger charge is 2.34. The number of fused-ring (bicyclic) bond motifs is 1. The van der Waals surface area contributed by atoms with Crippen molar-refractivity contribution in [3.05, 3.63) is 63.4 Å². The summed E-state index contributed by atoms with van der Waals surface area (Å²) in [4.78, 5) is 15.3. The first-order valence-corrected chi connectivity index (χ1v) is 10.1. The maximum Gasteiger partial charge on any atom is 0.232 e. The number of ether oxygens (including phenoxy) is 1. The van der Waals surface area contributed by atoms with Crippen LogP contribution in [0.2, 0.25) is 5.02 Å². The Morgan fingerprint density at radius 2 is 2.07 bits per heavy atom. The number of allylic oxidation sites excluding steroid dienone is 1. The fourth-order valence-electron chi connectivity index (χ4n) is 4.10. The molecule has 4 nitrogen and oxygen atoms in total. The minimum absolute atomic E-state index is 0.143. The third kappa shape index (κ3) is 3.67. The number of benzene rings is 2. The van der Waals surface area contributed by atoms with Gasteiger partial charge in [0.25, 0.3) is 0 Å². The number of hydrogen-bond acceptors (Lipinski definition) is 4. The standard InChI is InChI=1S/C23H24ClNO3/c1-14-4-3-9-25(12-14)13-18-19(26)10-15(2)21-22(27)20(28-23(18)21)11-16-5-7-17(24)8-6-16/h5-8,10-11,14,26H,3-4,9,12-13H2,1-2H3/b20-11+. The van der Waals surface area contributed by atoms with Gasteiger partial charge in [-0.15, -0.1) is 0 Å². The third-order valence-corrected chi connectivity index (χ3v) is 5.76. The first-order chi connectivity index (χ1) is 13.4. The van der Waals surface area contributed by atoms with E-state index in [0.29, 0.717) is 34.4 Å². The Morgan fingerprint density at radius 1 is 1.32 bits per heavy atom. The van der Waals surface area contributed by atoms with Crippen molar-refractivity contribution >= 4 is 23.5 Å². The van der Waals surface area contributed by atoms with Crippen LogP contribution in [-0.2, 0) is 6.54 Å². The molecule has 2 aliphatic rings. The predicted octanol–water partition coefficient (Wildman–Crippen LogP) is 5.20. The Hall–Kier alpha value is -2.30. The SMILES string of the molecule is Cc1cc(O)c(CN2CCCC(C)C2)c2c1C(=O)/C(=C\c1ccc(Cl)cc1)O2. The van der Waals surface area contributed by atoms with Crippen molar-refractivity contribution in [3.8, 4) is 11.5 Å². The maximum atomic E-state index is 13.0. The number of phenolic OH excluding ortho intramolecular Hbond substituents is 1. The number of carbonyl (C=O) groups excluding carboxylic acids is 1. The summed E-state index contributed by atoms with van der Waals surface area (Å²) >= 11 is 5.94. The average Bonchev–Trinajstić information content (AvgIpc) is 2.97. The van der Waals surface area contributed by atoms with Gasteiger partial charge in [-0.2, -0.15) is 0 Å². The molecule has 0 amide bonds. The molecule has 0 spiro atoms. The van der Waals surface area contributed by atoms with Gasteiger partial charge >= 0.3 is 0 Å². The average molecular weight is 398 g/mol. The number of piperidine rings is 1. The number of carbonyl (C=O) groups is 1. The van der Waals surface area contributed by atoms with Crippen LogP contribution in [-0.4, -0.2) is 28.9 Å². The molecule has 0 radical (unpaired) electrons. The Balaban J connectivity index is 1.68. The van der Waals surface area contributed by atoms with Gasteiger partial charge in [0.15, 0.2) is 5.76 Å². The van der Waals surface area contributed by atoms with Gasteiger partial charge in [0.05, 0.1) is 11.1 Å². The molecular formula is C23H24ClNO3. The maximum absolute atomic E-state index is 13.0. The largest absolute Gasteiger partial charge is 0.507 e. The van der Waals surface area contributed by atoms with Gasteiger partial charge in [0.2, 0.25) is 5.78 Å². The summed E-state index contributed by atoms with van der Waals surface area (Å²) in [5, 5.41) is 11.2. The van der Waals surface area contributed by atoms with E-state index in [2.05, 4.69) is 11.8 Å². The lowest BCUT2D eigenvalue weighted by Gasteiger charge is -2.31. The number of hydrogen-bond donors (Lipinski definition) is 1. The smallest absolute Gasteiger partial charge is 0.232 e. The van der Waals surface area contributed by atoms with Crippen molar-refractivity contribution in [3.63, 3.8) is 0 Å². The number of aromatic hydroxyl groups is 1. The Bertz CT molecular complexity index is 949. The van der Waals surface area contributed by atoms with E-state index in [4.69, 9.17) is 16.3 Å². The quantitative estimate of drug-likeness (QED) is 0.723. The molecule has 0 aromatic heterocycles. The number of halogens is 1. The second-order valence-corrected chi connectivity index (χ2v) is 8.31. The summed E-state index contributed by atoms with van der Waals surface area (Å²) in [6.45, 7) is 6.65. The Kier molecular flexibility index (Phi) is 5.17. The zero-order chi connectivity index (χ0) is 19.8. The van der Waals surface area contributed by atoms with Gasteiger partial charge < -0.3 is 9.84 Å². The van der Waals surface area contributed by atoms with Crippen molar-refractivity contribution in [1.29, 1.82) is 0 Å². The van der Waals surface area contributed by atoms with Crippen molar-refractivity contribution in [2.24, 2.45) is 5.92 Å². The normalized spacial score (nSPS) is 21.0. The topological polar surface area (TPSA) is 49.8 Å². The number of nitrogens with zero attached hydrogens (tertiary/aromatic N) is 1. The summed E-state index contributed by atoms with van der Waals surface area (Å²) in [7, 11) is 0. The number of rotatable bonds is 3. The number of likely N-dealkylation sites (tertiary alicyclic amines) is 1. The van der Waals surface area contributed by atoms with E-state index < -0.39 is 0 Å². The van der Waals surface area contributed by atoms with E-state index in [1.807, 2.05) is 19.1 Å². The van der Waals surface area contributed by atoms with Gasteiger partial charge in [-0.05, 0) is 67.6 Å². The van der Waals surface area contributed by atoms with Crippen LogP contribution in [0.1, 0.15) is 46.8 Å². The fraction of sp³-hybridized carbons (Fsp3) is 0.348. The number of ketones is 1. The molecule has 0 saturated carbocycles. The molecule has 0 aliphatic carbocycles. The van der Waals surface area contributed by atoms with E-state index in [-0.39, 0.29) is 17.3 Å². The molecule has 4 rings (SSSR count). The first kappa shape index (κ1) is 19.0. The predicted molar refractivity (Wildman–Crippen MR) is 111 cm³/mol. The summed E-state index contributed by atoms with van der Waals surface area (Å²) < 4.78 is 6.01. The molecule has 1 fully saturated rings. The molecule has 5 heteroatoms. The van der Waals surface area contributed by atoms with Crippen LogP contribution in [0.4, 0.5) is 0 Å². The number of phenols is 1. The highest BCUT2D eigenvalue weighted by atomic mass is 35.5. The van der Waals surface area contributed by atoms with Crippen LogP contribution in [0.15, 0.2) is 36.1 Å². The molecule has 2 heterocycles. The summed E-state index contributed by atoms with van der Waals surface area (Å²) in [6, 6.07) is 8.92. The van der Waals surface area contributed by atoms with Crippen molar-refractivity contribution < 1.29 is 14.6 Å². The lowest BCUT2D eigenvalue weighted by molar-refractivity contribution is 0.101. The molecule has 28 heavy (non-hydrogen) atoms. The molecule has 2 aromatic carbocycles. The van der Waals surface area contributed by atoms with Crippen molar-refractivity contribution in [2.75, 3.05) is 13.1 Å². The number of aryl methyl sites for hydroxylation is 1. The molecule has 2 aliphatic heterocycles. The molecule has 1 saturated heterocycles. The number of Topliss-reactive ketones (excluding diaryl/α,β-unsaturated/α-hetero) is 1. The molecular weight excluding hydrogens is 374 g/mol. The van der Waals surface area contributed by atoms with Crippen LogP contribution >= 0.6 is 11.6 Å². The van der Waals surface area contributed by atoms with Crippen molar-refractivity contribution in [2.45, 2.75) is 33.2 Å². The minimum atomic E-state index is -0.143. The van der Waals surface area contributed by atoms with Gasteiger partial charge in [-0.1, -0.05) is 30.7 Å². The van der Waals surface area contributed by atoms with Crippen LogP contribution in [0, 0.1) is 12.8 Å². The van der Waals surface area contributed by atoms with Crippen LogP contribution in [0.25, 0.3) is 6.08 Å². The van der Waals surface area contributed by atoms with Crippen molar-refractivity contribution in [1.82, 2.24) is 4.90 Å². The first-order valence-electron chi connectivity index (χ1n) is 9.70. The van der Waals surface area contributed by atoms with E-state index in [9.17, 15) is 9.90 Å². The fourth-order valence-corrected chi connectivity index (χ4v) is 4.22. The summed E-state index contributed by atoms with van der Waals surface area (Å²) in [6.07, 6.45) is 4.11. The van der Waals surface area contributed by atoms with E-state index >= 15 is 0 Å². The second-order valence-electron chi connectivity index (χ2n) is 7.87. The molecule has 146 valence electrons. The molecule has 0 bridgehead atoms. The third-order valence-electron chi connectivity index (χ3n) is 5.51. The zero-order valence-electron chi connectivity index (χ0n) is 16.2. The molecule has 1 N–H and O–H groups in total. The Labute approximate surface area is 170 Å². The van der Waals surface area contributed by atoms with Gasteiger partial charge in [0.1, 0.15) is 11.5 Å². The van der Waals surface area contributed by atoms with E-state index in [1.54, 1.807) is 24.3 Å². The zero-order valence-corrected chi connectivity index (χ0v) is 16.9. The lowest BCUT2D eigenvalue weighted by Crippen LogP contribution is -2.33. The summed E-state index contributed by atoms with van der Waals surface area (Å²) in [5.41, 5.74) is 2.82. The molecule has 1 unspecified atom stereocenters. The Morgan fingerprint density at radius 3 is 2.79 bits per heavy atom. The highest BCUT2D eigenvalue weighted by Crippen LogP contribution is 2.42. The van der Waals surface area contributed by atoms with Gasteiger partial charge in [-0.25, -0.2) is 0 Å². The monoisotopic (exact) mass is 397 g/mol. The van der Waals surface area contributed by atoms with E-state index in [0.717, 1.165) is 30.6 Å². The molecule has 1 atom stereocenters. The van der Waals surface area contributed by atoms with Gasteiger partial charge in [-0.3, -0.25) is 9.69 Å². The van der Waals surface area contributed by atoms with E-state index in [1.165, 1.54) is 6.42 Å². The van der Waals surface area contributed by atoms with Gasteiger partial charge in [0, 0.05) is 18.1 Å². The second kappa shape index (κ2) is 7.61. The highest BCUT2D eigenvalue weighted by molar-refractivity contribution is 6.30. The van der Waals surface area contributed by atoms with Crippen LogP contribution in [0.5, 0.6) is 11.5 Å². The van der Waals surface area contributed by atoms with Crippen LogP contribution in [0.3, 0.4) is 0 Å². The minimum Gasteiger partial charge on any atom is -0.507 e. The summed E-state index contributed by atoms with van der Waals surface area (Å²) in [5.74, 6) is 1.46. The van der Waals surface area contributed by atoms with Crippen LogP contribution < -0.4 is 4.74 Å².